The van der Waals surface area contributed by atoms with E-state index in [1.165, 1.54) is 5.56 Å². The highest BCUT2D eigenvalue weighted by atomic mass is 79.9. The highest BCUT2D eigenvalue weighted by Gasteiger charge is 2.16. The summed E-state index contributed by atoms with van der Waals surface area (Å²) in [6.07, 6.45) is 0.987. The van der Waals surface area contributed by atoms with Crippen LogP contribution in [0.3, 0.4) is 0 Å². The zero-order valence-electron chi connectivity index (χ0n) is 15.0. The van der Waals surface area contributed by atoms with E-state index in [0.29, 0.717) is 5.56 Å². The fourth-order valence-electron chi connectivity index (χ4n) is 3.22. The van der Waals surface area contributed by atoms with Crippen LogP contribution in [0.2, 0.25) is 0 Å². The van der Waals surface area contributed by atoms with E-state index >= 15 is 0 Å². The van der Waals surface area contributed by atoms with Crippen LogP contribution in [0.5, 0.6) is 0 Å². The second-order valence-corrected chi connectivity index (χ2v) is 7.64. The molecular weight excluding hydrogens is 390 g/mol. The molecule has 2 aromatic rings. The van der Waals surface area contributed by atoms with Gasteiger partial charge in [0.25, 0.3) is 5.91 Å². The van der Waals surface area contributed by atoms with Crippen LogP contribution in [0.15, 0.2) is 59.1 Å². The van der Waals surface area contributed by atoms with Crippen LogP contribution in [-0.2, 0) is 6.54 Å². The van der Waals surface area contributed by atoms with Gasteiger partial charge >= 0.3 is 0 Å². The molecule has 0 saturated carbocycles. The van der Waals surface area contributed by atoms with Gasteiger partial charge in [0.15, 0.2) is 0 Å². The molecule has 1 heterocycles. The third-order valence-electron chi connectivity index (χ3n) is 4.76. The summed E-state index contributed by atoms with van der Waals surface area (Å²) in [6, 6.07) is 18.1. The topological polar surface area (TPSA) is 35.6 Å². The fraction of sp³-hybridized carbons (Fsp3) is 0.381. The SMILES string of the molecule is O=C(NCCCN1CCN(Cc2ccccc2)CC1)c1ccc(Br)cc1. The summed E-state index contributed by atoms with van der Waals surface area (Å²) in [5.74, 6) is 0.00480. The molecule has 1 aliphatic rings. The first-order valence-electron chi connectivity index (χ1n) is 9.23. The highest BCUT2D eigenvalue weighted by molar-refractivity contribution is 9.10. The van der Waals surface area contributed by atoms with Gasteiger partial charge in [-0.25, -0.2) is 0 Å². The van der Waals surface area contributed by atoms with E-state index in [0.717, 1.165) is 56.7 Å². The average Bonchev–Trinajstić information content (AvgIpc) is 2.68. The quantitative estimate of drug-likeness (QED) is 0.703. The minimum Gasteiger partial charge on any atom is -0.352 e. The molecule has 0 aliphatic carbocycles. The number of carbonyl (C=O) groups is 1. The Balaban J connectivity index is 1.30. The molecule has 5 heteroatoms. The molecule has 0 spiro atoms. The number of carbonyl (C=O) groups excluding carboxylic acids is 1. The smallest absolute Gasteiger partial charge is 0.251 e. The number of halogens is 1. The molecule has 0 radical (unpaired) electrons. The van der Waals surface area contributed by atoms with E-state index in [1.54, 1.807) is 0 Å². The molecule has 2 aromatic carbocycles. The van der Waals surface area contributed by atoms with Gasteiger partial charge in [0.05, 0.1) is 0 Å². The number of nitrogens with zero attached hydrogens (tertiary/aromatic N) is 2. The van der Waals surface area contributed by atoms with Crippen molar-refractivity contribution in [2.75, 3.05) is 39.3 Å². The van der Waals surface area contributed by atoms with Crippen molar-refractivity contribution >= 4 is 21.8 Å². The maximum atomic E-state index is 12.1. The summed E-state index contributed by atoms with van der Waals surface area (Å²) < 4.78 is 0.987. The molecule has 1 saturated heterocycles. The lowest BCUT2D eigenvalue weighted by atomic mass is 10.2. The third-order valence-corrected chi connectivity index (χ3v) is 5.29. The summed E-state index contributed by atoms with van der Waals surface area (Å²) in [7, 11) is 0. The number of hydrogen-bond acceptors (Lipinski definition) is 3. The second kappa shape index (κ2) is 9.86. The Labute approximate surface area is 164 Å². The van der Waals surface area contributed by atoms with E-state index in [4.69, 9.17) is 0 Å². The zero-order valence-corrected chi connectivity index (χ0v) is 16.6. The van der Waals surface area contributed by atoms with Crippen LogP contribution in [0.1, 0.15) is 22.3 Å². The van der Waals surface area contributed by atoms with Gasteiger partial charge in [-0.2, -0.15) is 0 Å². The lowest BCUT2D eigenvalue weighted by molar-refractivity contribution is 0.0947. The normalized spacial score (nSPS) is 15.7. The molecule has 1 fully saturated rings. The first kappa shape index (κ1) is 19.1. The Kier molecular flexibility index (Phi) is 7.23. The predicted molar refractivity (Wildman–Crippen MR) is 109 cm³/mol. The van der Waals surface area contributed by atoms with Gasteiger partial charge in [-0.3, -0.25) is 9.69 Å². The van der Waals surface area contributed by atoms with E-state index in [1.807, 2.05) is 24.3 Å². The summed E-state index contributed by atoms with van der Waals surface area (Å²) in [5, 5.41) is 3.01. The summed E-state index contributed by atoms with van der Waals surface area (Å²) in [5.41, 5.74) is 2.10. The van der Waals surface area contributed by atoms with Gasteiger partial charge in [-0.15, -0.1) is 0 Å². The third kappa shape index (κ3) is 5.94. The largest absolute Gasteiger partial charge is 0.352 e. The van der Waals surface area contributed by atoms with Crippen LogP contribution in [-0.4, -0.2) is 55.0 Å². The van der Waals surface area contributed by atoms with E-state index in [2.05, 4.69) is 61.4 Å². The summed E-state index contributed by atoms with van der Waals surface area (Å²) in [6.45, 7) is 7.23. The Morgan fingerprint density at radius 1 is 0.923 bits per heavy atom. The lowest BCUT2D eigenvalue weighted by Crippen LogP contribution is -2.46. The molecule has 138 valence electrons. The molecule has 0 unspecified atom stereocenters. The maximum Gasteiger partial charge on any atom is 0.251 e. The molecule has 1 amide bonds. The van der Waals surface area contributed by atoms with Crippen molar-refractivity contribution in [3.8, 4) is 0 Å². The first-order chi connectivity index (χ1) is 12.7. The van der Waals surface area contributed by atoms with Gasteiger partial charge in [-0.05, 0) is 42.8 Å². The number of nitrogens with one attached hydrogen (secondary N) is 1. The molecule has 3 rings (SSSR count). The van der Waals surface area contributed by atoms with Crippen LogP contribution in [0.25, 0.3) is 0 Å². The van der Waals surface area contributed by atoms with Crippen molar-refractivity contribution in [1.82, 2.24) is 15.1 Å². The fourth-order valence-corrected chi connectivity index (χ4v) is 3.48. The Morgan fingerprint density at radius 3 is 2.27 bits per heavy atom. The standard InChI is InChI=1S/C21H26BrN3O/c22-20-9-7-19(8-10-20)21(26)23-11-4-12-24-13-15-25(16-14-24)17-18-5-2-1-3-6-18/h1-3,5-10H,4,11-17H2,(H,23,26). The molecule has 1 aliphatic heterocycles. The molecule has 4 nitrogen and oxygen atoms in total. The van der Waals surface area contributed by atoms with Gasteiger partial charge in [0, 0.05) is 49.3 Å². The lowest BCUT2D eigenvalue weighted by Gasteiger charge is -2.34. The number of piperazine rings is 1. The number of rotatable bonds is 7. The molecular formula is C21H26BrN3O. The minimum atomic E-state index is 0.00480. The van der Waals surface area contributed by atoms with Crippen LogP contribution in [0.4, 0.5) is 0 Å². The van der Waals surface area contributed by atoms with Crippen molar-refractivity contribution < 1.29 is 4.79 Å². The Bertz CT molecular complexity index is 682. The predicted octanol–water partition coefficient (Wildman–Crippen LogP) is 3.39. The van der Waals surface area contributed by atoms with Crippen LogP contribution >= 0.6 is 15.9 Å². The maximum absolute atomic E-state index is 12.1. The van der Waals surface area contributed by atoms with Gasteiger partial charge in [-0.1, -0.05) is 46.3 Å². The molecule has 0 atom stereocenters. The minimum absolute atomic E-state index is 0.00480. The number of benzene rings is 2. The number of hydrogen-bond donors (Lipinski definition) is 1. The first-order valence-corrected chi connectivity index (χ1v) is 10.0. The molecule has 26 heavy (non-hydrogen) atoms. The van der Waals surface area contributed by atoms with Crippen molar-refractivity contribution in [2.24, 2.45) is 0 Å². The van der Waals surface area contributed by atoms with Crippen molar-refractivity contribution in [3.63, 3.8) is 0 Å². The van der Waals surface area contributed by atoms with Crippen molar-refractivity contribution in [3.05, 3.63) is 70.2 Å². The van der Waals surface area contributed by atoms with Gasteiger partial charge < -0.3 is 10.2 Å². The number of amides is 1. The highest BCUT2D eigenvalue weighted by Crippen LogP contribution is 2.11. The van der Waals surface area contributed by atoms with Gasteiger partial charge in [0.1, 0.15) is 0 Å². The average molecular weight is 416 g/mol. The van der Waals surface area contributed by atoms with E-state index in [9.17, 15) is 4.79 Å². The van der Waals surface area contributed by atoms with Crippen molar-refractivity contribution in [2.45, 2.75) is 13.0 Å². The van der Waals surface area contributed by atoms with Crippen LogP contribution in [0, 0.1) is 0 Å². The second-order valence-electron chi connectivity index (χ2n) is 6.72. The summed E-state index contributed by atoms with van der Waals surface area (Å²) >= 11 is 3.38. The molecule has 1 N–H and O–H groups in total. The van der Waals surface area contributed by atoms with Crippen LogP contribution < -0.4 is 5.32 Å². The van der Waals surface area contributed by atoms with E-state index in [-0.39, 0.29) is 5.91 Å². The molecule has 0 bridgehead atoms. The van der Waals surface area contributed by atoms with E-state index < -0.39 is 0 Å². The van der Waals surface area contributed by atoms with Crippen molar-refractivity contribution in [1.29, 1.82) is 0 Å². The Hall–Kier alpha value is -1.69. The summed E-state index contributed by atoms with van der Waals surface area (Å²) in [4.78, 5) is 17.1. The van der Waals surface area contributed by atoms with Gasteiger partial charge in [0.2, 0.25) is 0 Å². The Morgan fingerprint density at radius 2 is 1.58 bits per heavy atom. The zero-order chi connectivity index (χ0) is 18.2. The monoisotopic (exact) mass is 415 g/mol. The molecule has 0 aromatic heterocycles.